The van der Waals surface area contributed by atoms with Crippen molar-refractivity contribution in [2.24, 2.45) is 0 Å². The van der Waals surface area contributed by atoms with Crippen molar-refractivity contribution >= 4 is 11.4 Å². The number of aryl methyl sites for hydroxylation is 1. The molecule has 82 valence electrons. The van der Waals surface area contributed by atoms with Crippen LogP contribution in [0.15, 0.2) is 49.0 Å². The van der Waals surface area contributed by atoms with Crippen LogP contribution in [0.1, 0.15) is 32.6 Å². The van der Waals surface area contributed by atoms with Crippen LogP contribution in [0.3, 0.4) is 0 Å². The molecule has 0 amide bonds. The molecule has 1 aliphatic rings. The van der Waals surface area contributed by atoms with Gasteiger partial charge >= 0.3 is 0 Å². The summed E-state index contributed by atoms with van der Waals surface area (Å²) in [7, 11) is 0. The fourth-order valence-corrected chi connectivity index (χ4v) is 2.34. The maximum Gasteiger partial charge on any atom is 0.194 e. The molecule has 0 unspecified atom stereocenters. The second kappa shape index (κ2) is 3.42. The number of fused-ring (bicyclic) bond motifs is 2. The quantitative estimate of drug-likeness (QED) is 0.565. The molecule has 0 atom stereocenters. The van der Waals surface area contributed by atoms with Gasteiger partial charge in [-0.1, -0.05) is 54.6 Å². The van der Waals surface area contributed by atoms with Gasteiger partial charge in [-0.15, -0.1) is 0 Å². The summed E-state index contributed by atoms with van der Waals surface area (Å²) < 4.78 is 0. The normalized spacial score (nSPS) is 13.2. The first-order valence-electron chi connectivity index (χ1n) is 5.62. The summed E-state index contributed by atoms with van der Waals surface area (Å²) >= 11 is 0. The summed E-state index contributed by atoms with van der Waals surface area (Å²) in [6, 6.07) is 13.6. The van der Waals surface area contributed by atoms with Crippen molar-refractivity contribution < 1.29 is 4.79 Å². The Labute approximate surface area is 100 Å². The summed E-state index contributed by atoms with van der Waals surface area (Å²) in [6.45, 7) is 6.15. The summed E-state index contributed by atoms with van der Waals surface area (Å²) in [5.74, 6) is 0.100. The van der Waals surface area contributed by atoms with Crippen LogP contribution < -0.4 is 0 Å². The number of carbonyl (C=O) groups is 1. The Morgan fingerprint density at radius 2 is 1.53 bits per heavy atom. The lowest BCUT2D eigenvalue weighted by atomic mass is 9.81. The van der Waals surface area contributed by atoms with Gasteiger partial charge in [0.1, 0.15) is 0 Å². The number of rotatable bonds is 0. The van der Waals surface area contributed by atoms with Gasteiger partial charge in [0, 0.05) is 11.1 Å². The molecule has 1 nitrogen and oxygen atoms in total. The van der Waals surface area contributed by atoms with E-state index in [4.69, 9.17) is 0 Å². The first-order chi connectivity index (χ1) is 8.18. The maximum atomic E-state index is 12.3. The van der Waals surface area contributed by atoms with Crippen LogP contribution in [0.25, 0.3) is 5.57 Å². The number of hydrogen-bond donors (Lipinski definition) is 0. The minimum Gasteiger partial charge on any atom is -0.289 e. The summed E-state index contributed by atoms with van der Waals surface area (Å²) in [5.41, 5.74) is 5.54. The van der Waals surface area contributed by atoms with E-state index in [1.54, 1.807) is 0 Å². The molecule has 0 fully saturated rings. The smallest absolute Gasteiger partial charge is 0.194 e. The van der Waals surface area contributed by atoms with Crippen LogP contribution in [0.4, 0.5) is 0 Å². The Bertz CT molecular complexity index is 650. The van der Waals surface area contributed by atoms with Crippen molar-refractivity contribution in [2.75, 3.05) is 0 Å². The molecule has 0 spiro atoms. The fourth-order valence-electron chi connectivity index (χ4n) is 2.34. The molecule has 3 rings (SSSR count). The van der Waals surface area contributed by atoms with Crippen LogP contribution >= 0.6 is 0 Å². The lowest BCUT2D eigenvalue weighted by Crippen LogP contribution is -2.13. The Morgan fingerprint density at radius 1 is 0.882 bits per heavy atom. The van der Waals surface area contributed by atoms with E-state index in [-0.39, 0.29) is 5.78 Å². The highest BCUT2D eigenvalue weighted by atomic mass is 16.1. The van der Waals surface area contributed by atoms with Gasteiger partial charge in [-0.3, -0.25) is 4.79 Å². The molecule has 0 aliphatic heterocycles. The highest BCUT2D eigenvalue weighted by molar-refractivity contribution is 6.18. The highest BCUT2D eigenvalue weighted by Gasteiger charge is 2.25. The van der Waals surface area contributed by atoms with Crippen molar-refractivity contribution in [1.82, 2.24) is 0 Å². The Hall–Kier alpha value is -2.15. The zero-order chi connectivity index (χ0) is 12.0. The van der Waals surface area contributed by atoms with Gasteiger partial charge in [0.2, 0.25) is 0 Å². The molecule has 1 aliphatic carbocycles. The molecule has 2 aromatic rings. The average Bonchev–Trinajstić information content (AvgIpc) is 2.36. The van der Waals surface area contributed by atoms with Gasteiger partial charge in [-0.2, -0.15) is 0 Å². The highest BCUT2D eigenvalue weighted by Crippen LogP contribution is 2.34. The Balaban J connectivity index is 2.33. The third-order valence-electron chi connectivity index (χ3n) is 3.24. The van der Waals surface area contributed by atoms with E-state index >= 15 is 0 Å². The van der Waals surface area contributed by atoms with Gasteiger partial charge < -0.3 is 0 Å². The van der Waals surface area contributed by atoms with E-state index < -0.39 is 0 Å². The van der Waals surface area contributed by atoms with Crippen LogP contribution in [-0.4, -0.2) is 5.78 Å². The molecule has 0 N–H and O–H groups in total. The first kappa shape index (κ1) is 10.0. The van der Waals surface area contributed by atoms with E-state index in [1.807, 2.05) is 49.4 Å². The lowest BCUT2D eigenvalue weighted by Gasteiger charge is -2.20. The standard InChI is InChI=1S/C16H12O/c1-10-7-8-14-15(9-10)11(2)12-5-3-4-6-13(12)16(14)17/h3-9H,2H2,1H3. The largest absolute Gasteiger partial charge is 0.289 e. The van der Waals surface area contributed by atoms with Crippen LogP contribution in [0, 0.1) is 6.92 Å². The van der Waals surface area contributed by atoms with Crippen molar-refractivity contribution in [2.45, 2.75) is 6.92 Å². The topological polar surface area (TPSA) is 17.1 Å². The van der Waals surface area contributed by atoms with Crippen LogP contribution in [0.2, 0.25) is 0 Å². The van der Waals surface area contributed by atoms with Crippen LogP contribution in [-0.2, 0) is 0 Å². The molecule has 0 radical (unpaired) electrons. The van der Waals surface area contributed by atoms with Gasteiger partial charge in [0.15, 0.2) is 5.78 Å². The Kier molecular flexibility index (Phi) is 2.02. The van der Waals surface area contributed by atoms with E-state index in [0.717, 1.165) is 33.4 Å². The van der Waals surface area contributed by atoms with E-state index in [2.05, 4.69) is 6.58 Å². The molecule has 17 heavy (non-hydrogen) atoms. The van der Waals surface area contributed by atoms with Gasteiger partial charge in [0.25, 0.3) is 0 Å². The summed E-state index contributed by atoms with van der Waals surface area (Å²) in [5, 5.41) is 0. The summed E-state index contributed by atoms with van der Waals surface area (Å²) in [6.07, 6.45) is 0. The second-order valence-electron chi connectivity index (χ2n) is 4.40. The SMILES string of the molecule is C=C1c2ccccc2C(=O)c2ccc(C)cc21. The van der Waals surface area contributed by atoms with Gasteiger partial charge in [0.05, 0.1) is 0 Å². The molecular formula is C16H12O. The number of benzene rings is 2. The average molecular weight is 220 g/mol. The zero-order valence-electron chi connectivity index (χ0n) is 9.66. The molecule has 0 saturated carbocycles. The monoisotopic (exact) mass is 220 g/mol. The van der Waals surface area contributed by atoms with E-state index in [0.29, 0.717) is 0 Å². The van der Waals surface area contributed by atoms with Crippen molar-refractivity contribution in [3.63, 3.8) is 0 Å². The Morgan fingerprint density at radius 3 is 2.29 bits per heavy atom. The second-order valence-corrected chi connectivity index (χ2v) is 4.40. The molecule has 1 heteroatoms. The molecule has 2 aromatic carbocycles. The third kappa shape index (κ3) is 1.36. The van der Waals surface area contributed by atoms with Crippen LogP contribution in [0.5, 0.6) is 0 Å². The van der Waals surface area contributed by atoms with Crippen molar-refractivity contribution in [3.8, 4) is 0 Å². The third-order valence-corrected chi connectivity index (χ3v) is 3.24. The first-order valence-corrected chi connectivity index (χ1v) is 5.62. The van der Waals surface area contributed by atoms with Gasteiger partial charge in [-0.05, 0) is 23.6 Å². The lowest BCUT2D eigenvalue weighted by molar-refractivity contribution is 0.103. The minimum atomic E-state index is 0.100. The maximum absolute atomic E-state index is 12.3. The molecule has 0 bridgehead atoms. The summed E-state index contributed by atoms with van der Waals surface area (Å²) in [4.78, 5) is 12.3. The van der Waals surface area contributed by atoms with E-state index in [1.165, 1.54) is 0 Å². The fraction of sp³-hybridized carbons (Fsp3) is 0.0625. The van der Waals surface area contributed by atoms with Crippen molar-refractivity contribution in [3.05, 3.63) is 76.9 Å². The molecule has 0 saturated heterocycles. The van der Waals surface area contributed by atoms with Gasteiger partial charge in [-0.25, -0.2) is 0 Å². The minimum absolute atomic E-state index is 0.100. The van der Waals surface area contributed by atoms with E-state index in [9.17, 15) is 4.79 Å². The molecule has 0 aromatic heterocycles. The number of carbonyl (C=O) groups excluding carboxylic acids is 1. The predicted molar refractivity (Wildman–Crippen MR) is 69.2 cm³/mol. The molecular weight excluding hydrogens is 208 g/mol. The number of ketones is 1. The predicted octanol–water partition coefficient (Wildman–Crippen LogP) is 3.60. The van der Waals surface area contributed by atoms with Crippen molar-refractivity contribution in [1.29, 1.82) is 0 Å². The number of hydrogen-bond acceptors (Lipinski definition) is 1. The molecule has 0 heterocycles. The zero-order valence-corrected chi connectivity index (χ0v) is 9.66.